The van der Waals surface area contributed by atoms with E-state index in [1.54, 1.807) is 7.11 Å². The summed E-state index contributed by atoms with van der Waals surface area (Å²) in [5.74, 6) is 1.15. The molecule has 3 aromatic rings. The van der Waals surface area contributed by atoms with Crippen LogP contribution in [0.25, 0.3) is 10.9 Å². The lowest BCUT2D eigenvalue weighted by molar-refractivity contribution is -0.118. The van der Waals surface area contributed by atoms with E-state index in [0.717, 1.165) is 16.8 Å². The number of aromatic nitrogens is 2. The normalized spacial score (nSPS) is 15.2. The van der Waals surface area contributed by atoms with Crippen molar-refractivity contribution < 1.29 is 9.53 Å². The van der Waals surface area contributed by atoms with Gasteiger partial charge in [0.2, 0.25) is 5.91 Å². The molecule has 3 N–H and O–H groups in total. The van der Waals surface area contributed by atoms with E-state index in [-0.39, 0.29) is 23.3 Å². The van der Waals surface area contributed by atoms with E-state index >= 15 is 0 Å². The molecule has 4 rings (SSSR count). The second-order valence-corrected chi connectivity index (χ2v) is 8.22. The number of fused-ring (bicyclic) bond motifs is 1. The van der Waals surface area contributed by atoms with Gasteiger partial charge in [0.15, 0.2) is 0 Å². The summed E-state index contributed by atoms with van der Waals surface area (Å²) in [6, 6.07) is 11.5. The number of ether oxygens (including phenoxy) is 1. The van der Waals surface area contributed by atoms with E-state index in [4.69, 9.17) is 4.74 Å². The van der Waals surface area contributed by atoms with Crippen molar-refractivity contribution >= 4 is 28.7 Å². The quantitative estimate of drug-likeness (QED) is 0.531. The average molecular weight is 434 g/mol. The average Bonchev–Trinajstić information content (AvgIpc) is 3.32. The highest BCUT2D eigenvalue weighted by molar-refractivity contribution is 5.92. The summed E-state index contributed by atoms with van der Waals surface area (Å²) in [5.41, 5.74) is 6.07. The fourth-order valence-electron chi connectivity index (χ4n) is 3.67. The summed E-state index contributed by atoms with van der Waals surface area (Å²) < 4.78 is 5.55. The van der Waals surface area contributed by atoms with Gasteiger partial charge in [0.05, 0.1) is 12.5 Å². The van der Waals surface area contributed by atoms with Gasteiger partial charge < -0.3 is 20.5 Å². The molecular formula is C24H27N5O3. The molecule has 166 valence electrons. The Labute approximate surface area is 186 Å². The van der Waals surface area contributed by atoms with Gasteiger partial charge in [0.1, 0.15) is 17.1 Å². The molecule has 0 aliphatic carbocycles. The van der Waals surface area contributed by atoms with Crippen LogP contribution in [0.4, 0.5) is 5.69 Å². The van der Waals surface area contributed by atoms with Crippen molar-refractivity contribution in [1.82, 2.24) is 15.4 Å². The Morgan fingerprint density at radius 2 is 2.09 bits per heavy atom. The van der Waals surface area contributed by atoms with Crippen LogP contribution in [0.3, 0.4) is 0 Å². The van der Waals surface area contributed by atoms with Gasteiger partial charge in [-0.15, -0.1) is 0 Å². The molecule has 1 atom stereocenters. The van der Waals surface area contributed by atoms with Gasteiger partial charge >= 0.3 is 0 Å². The summed E-state index contributed by atoms with van der Waals surface area (Å²) in [6.07, 6.45) is 3.05. The molecule has 2 aromatic carbocycles. The molecule has 0 saturated heterocycles. The number of nitrogens with zero attached hydrogens (tertiary/aromatic N) is 2. The number of hydrogen-bond donors (Lipinski definition) is 3. The topological polar surface area (TPSA) is 108 Å². The molecule has 8 heteroatoms. The predicted octanol–water partition coefficient (Wildman–Crippen LogP) is 2.98. The molecular weight excluding hydrogens is 406 g/mol. The Morgan fingerprint density at radius 1 is 1.25 bits per heavy atom. The number of H-pyrrole nitrogens is 1. The van der Waals surface area contributed by atoms with Crippen molar-refractivity contribution in [2.75, 3.05) is 19.0 Å². The first-order chi connectivity index (χ1) is 15.4. The number of methoxy groups -OCH3 is 1. The van der Waals surface area contributed by atoms with Crippen molar-refractivity contribution in [1.29, 1.82) is 0 Å². The Morgan fingerprint density at radius 3 is 2.81 bits per heavy atom. The second kappa shape index (κ2) is 9.21. The number of benzene rings is 2. The molecule has 0 fully saturated rings. The lowest BCUT2D eigenvalue weighted by atomic mass is 9.99. The van der Waals surface area contributed by atoms with E-state index in [2.05, 4.69) is 25.8 Å². The molecule has 2 heterocycles. The van der Waals surface area contributed by atoms with Crippen LogP contribution in [0.5, 0.6) is 5.75 Å². The van der Waals surface area contributed by atoms with Crippen molar-refractivity contribution in [2.24, 2.45) is 11.0 Å². The van der Waals surface area contributed by atoms with Gasteiger partial charge in [-0.25, -0.2) is 4.98 Å². The zero-order chi connectivity index (χ0) is 22.7. The zero-order valence-corrected chi connectivity index (χ0v) is 18.4. The molecule has 1 aliphatic rings. The standard InChI is InChI=1S/C24H27N5O3/c1-14(2)23(30)27-18-6-4-5-15(9-18)7-8-21-28-22-19(24(31)29-21)10-16(11-20(22)32-3)17-12-25-26-13-17/h4-6,9-12,14,17,26H,7-8,13H2,1-3H3,(H,27,30)(H,28,29,31). The first-order valence-electron chi connectivity index (χ1n) is 10.7. The van der Waals surface area contributed by atoms with Crippen LogP contribution in [-0.2, 0) is 17.6 Å². The second-order valence-electron chi connectivity index (χ2n) is 8.22. The van der Waals surface area contributed by atoms with Gasteiger partial charge in [-0.2, -0.15) is 5.10 Å². The predicted molar refractivity (Wildman–Crippen MR) is 125 cm³/mol. The Balaban J connectivity index is 1.57. The first-order valence-corrected chi connectivity index (χ1v) is 10.7. The van der Waals surface area contributed by atoms with E-state index in [9.17, 15) is 9.59 Å². The molecule has 1 aromatic heterocycles. The number of aromatic amines is 1. The highest BCUT2D eigenvalue weighted by Crippen LogP contribution is 2.28. The van der Waals surface area contributed by atoms with Crippen LogP contribution < -0.4 is 21.0 Å². The highest BCUT2D eigenvalue weighted by Gasteiger charge is 2.18. The number of nitrogens with one attached hydrogen (secondary N) is 3. The number of carbonyl (C=O) groups is 1. The maximum Gasteiger partial charge on any atom is 0.258 e. The lowest BCUT2D eigenvalue weighted by Gasteiger charge is -2.12. The summed E-state index contributed by atoms with van der Waals surface area (Å²) >= 11 is 0. The number of carbonyl (C=O) groups excluding carboxylic acids is 1. The Hall–Kier alpha value is -3.68. The zero-order valence-electron chi connectivity index (χ0n) is 18.4. The van der Waals surface area contributed by atoms with E-state index in [1.807, 2.05) is 56.5 Å². The monoisotopic (exact) mass is 433 g/mol. The Kier molecular flexibility index (Phi) is 6.20. The third kappa shape index (κ3) is 4.64. The minimum atomic E-state index is -0.189. The number of rotatable bonds is 7. The summed E-state index contributed by atoms with van der Waals surface area (Å²) in [7, 11) is 1.58. The summed E-state index contributed by atoms with van der Waals surface area (Å²) in [5, 5.41) is 7.47. The van der Waals surface area contributed by atoms with Gasteiger partial charge in [0.25, 0.3) is 5.56 Å². The van der Waals surface area contributed by atoms with Gasteiger partial charge in [-0.05, 0) is 41.8 Å². The minimum Gasteiger partial charge on any atom is -0.494 e. The Bertz CT molecular complexity index is 1230. The van der Waals surface area contributed by atoms with E-state index in [0.29, 0.717) is 41.9 Å². The van der Waals surface area contributed by atoms with Crippen LogP contribution in [0.1, 0.15) is 36.7 Å². The highest BCUT2D eigenvalue weighted by atomic mass is 16.5. The molecule has 8 nitrogen and oxygen atoms in total. The molecule has 1 unspecified atom stereocenters. The van der Waals surface area contributed by atoms with Gasteiger partial charge in [-0.3, -0.25) is 9.59 Å². The third-order valence-corrected chi connectivity index (χ3v) is 5.52. The number of hydrogen-bond acceptors (Lipinski definition) is 6. The molecule has 32 heavy (non-hydrogen) atoms. The number of anilines is 1. The van der Waals surface area contributed by atoms with Crippen molar-refractivity contribution in [3.8, 4) is 5.75 Å². The molecule has 0 spiro atoms. The number of amides is 1. The van der Waals surface area contributed by atoms with E-state index in [1.165, 1.54) is 0 Å². The van der Waals surface area contributed by atoms with Crippen LogP contribution >= 0.6 is 0 Å². The van der Waals surface area contributed by atoms with Crippen LogP contribution in [0, 0.1) is 5.92 Å². The van der Waals surface area contributed by atoms with Crippen molar-refractivity contribution in [2.45, 2.75) is 32.6 Å². The maximum atomic E-state index is 12.8. The maximum absolute atomic E-state index is 12.8. The van der Waals surface area contributed by atoms with Crippen LogP contribution in [0.2, 0.25) is 0 Å². The molecule has 1 amide bonds. The SMILES string of the molecule is COc1cc(C2C=NNC2)cc2c(=O)[nH]c(CCc3cccc(NC(=O)C(C)C)c3)nc12. The number of aryl methyl sites for hydroxylation is 2. The van der Waals surface area contributed by atoms with Gasteiger partial charge in [-0.1, -0.05) is 26.0 Å². The van der Waals surface area contributed by atoms with E-state index < -0.39 is 0 Å². The summed E-state index contributed by atoms with van der Waals surface area (Å²) in [6.45, 7) is 4.40. The number of hydrazone groups is 1. The lowest BCUT2D eigenvalue weighted by Crippen LogP contribution is -2.17. The minimum absolute atomic E-state index is 0.0196. The van der Waals surface area contributed by atoms with Crippen LogP contribution in [-0.4, -0.2) is 35.7 Å². The van der Waals surface area contributed by atoms with Gasteiger partial charge in [0, 0.05) is 36.7 Å². The van der Waals surface area contributed by atoms with Crippen LogP contribution in [0.15, 0.2) is 46.3 Å². The molecule has 0 saturated carbocycles. The molecule has 1 aliphatic heterocycles. The smallest absolute Gasteiger partial charge is 0.258 e. The van der Waals surface area contributed by atoms with Crippen molar-refractivity contribution in [3.05, 3.63) is 63.7 Å². The first kappa shape index (κ1) is 21.5. The summed E-state index contributed by atoms with van der Waals surface area (Å²) in [4.78, 5) is 32.4. The third-order valence-electron chi connectivity index (χ3n) is 5.52. The largest absolute Gasteiger partial charge is 0.494 e. The molecule has 0 bridgehead atoms. The fourth-order valence-corrected chi connectivity index (χ4v) is 3.67. The molecule has 0 radical (unpaired) electrons. The van der Waals surface area contributed by atoms with Crippen molar-refractivity contribution in [3.63, 3.8) is 0 Å². The fraction of sp³-hybridized carbons (Fsp3) is 0.333.